The average molecular weight is 169 g/mol. The van der Waals surface area contributed by atoms with E-state index in [2.05, 4.69) is 18.7 Å². The molecule has 0 radical (unpaired) electrons. The molecule has 2 atom stereocenters. The van der Waals surface area contributed by atoms with Gasteiger partial charge in [0.15, 0.2) is 0 Å². The standard InChI is InChI=1S/C10H19NO/c1-8(2)9-7-12-10-5-3-4-6-11(9)10/h8-10H,3-7H2,1-2H3. The lowest BCUT2D eigenvalue weighted by Gasteiger charge is -2.33. The van der Waals surface area contributed by atoms with Gasteiger partial charge in [-0.05, 0) is 25.2 Å². The second-order valence-electron chi connectivity index (χ2n) is 4.33. The first-order chi connectivity index (χ1) is 5.79. The average Bonchev–Trinajstić information content (AvgIpc) is 2.47. The first kappa shape index (κ1) is 8.52. The van der Waals surface area contributed by atoms with Crippen LogP contribution in [0.2, 0.25) is 0 Å². The van der Waals surface area contributed by atoms with Gasteiger partial charge in [0, 0.05) is 12.6 Å². The molecule has 2 nitrogen and oxygen atoms in total. The molecule has 0 spiro atoms. The van der Waals surface area contributed by atoms with E-state index in [1.54, 1.807) is 0 Å². The fourth-order valence-electron chi connectivity index (χ4n) is 2.36. The summed E-state index contributed by atoms with van der Waals surface area (Å²) >= 11 is 0. The van der Waals surface area contributed by atoms with Crippen LogP contribution in [0.15, 0.2) is 0 Å². The van der Waals surface area contributed by atoms with Crippen LogP contribution in [0.5, 0.6) is 0 Å². The highest BCUT2D eigenvalue weighted by Crippen LogP contribution is 2.29. The molecule has 0 amide bonds. The Labute approximate surface area is 74.9 Å². The van der Waals surface area contributed by atoms with Crippen molar-refractivity contribution in [3.8, 4) is 0 Å². The Kier molecular flexibility index (Phi) is 2.37. The Bertz CT molecular complexity index is 158. The molecule has 0 bridgehead atoms. The fraction of sp³-hybridized carbons (Fsp3) is 1.00. The molecule has 2 rings (SSSR count). The molecular formula is C10H19NO. The van der Waals surface area contributed by atoms with Gasteiger partial charge in [0.05, 0.1) is 6.61 Å². The summed E-state index contributed by atoms with van der Waals surface area (Å²) in [5, 5.41) is 0. The lowest BCUT2D eigenvalue weighted by molar-refractivity contribution is 0.00174. The smallest absolute Gasteiger partial charge is 0.111 e. The molecule has 2 aliphatic rings. The van der Waals surface area contributed by atoms with Crippen LogP contribution in [0.25, 0.3) is 0 Å². The van der Waals surface area contributed by atoms with E-state index in [1.807, 2.05) is 0 Å². The van der Waals surface area contributed by atoms with E-state index in [0.717, 1.165) is 12.5 Å². The van der Waals surface area contributed by atoms with Crippen LogP contribution in [-0.4, -0.2) is 30.3 Å². The fourth-order valence-corrected chi connectivity index (χ4v) is 2.36. The van der Waals surface area contributed by atoms with Gasteiger partial charge in [0.25, 0.3) is 0 Å². The maximum atomic E-state index is 5.76. The summed E-state index contributed by atoms with van der Waals surface area (Å²) in [5.74, 6) is 0.744. The summed E-state index contributed by atoms with van der Waals surface area (Å²) in [5.41, 5.74) is 0. The Morgan fingerprint density at radius 1 is 1.33 bits per heavy atom. The number of piperidine rings is 1. The first-order valence-corrected chi connectivity index (χ1v) is 5.16. The number of rotatable bonds is 1. The maximum absolute atomic E-state index is 5.76. The van der Waals surface area contributed by atoms with E-state index in [1.165, 1.54) is 25.8 Å². The molecule has 70 valence electrons. The van der Waals surface area contributed by atoms with Crippen LogP contribution in [0.4, 0.5) is 0 Å². The van der Waals surface area contributed by atoms with Crippen LogP contribution in [0, 0.1) is 5.92 Å². The van der Waals surface area contributed by atoms with E-state index in [4.69, 9.17) is 4.74 Å². The van der Waals surface area contributed by atoms with Gasteiger partial charge in [-0.2, -0.15) is 0 Å². The zero-order valence-corrected chi connectivity index (χ0v) is 8.12. The highest BCUT2D eigenvalue weighted by atomic mass is 16.5. The molecule has 0 aromatic carbocycles. The molecule has 2 saturated heterocycles. The topological polar surface area (TPSA) is 12.5 Å². The number of nitrogens with zero attached hydrogens (tertiary/aromatic N) is 1. The van der Waals surface area contributed by atoms with Crippen molar-refractivity contribution in [1.29, 1.82) is 0 Å². The molecular weight excluding hydrogens is 150 g/mol. The molecule has 2 unspecified atom stereocenters. The van der Waals surface area contributed by atoms with Crippen molar-refractivity contribution in [3.63, 3.8) is 0 Å². The van der Waals surface area contributed by atoms with Gasteiger partial charge in [-0.15, -0.1) is 0 Å². The SMILES string of the molecule is CC(C)C1COC2CCCCN21. The minimum absolute atomic E-state index is 0.464. The third-order valence-electron chi connectivity index (χ3n) is 3.14. The van der Waals surface area contributed by atoms with Gasteiger partial charge >= 0.3 is 0 Å². The second kappa shape index (κ2) is 3.35. The summed E-state index contributed by atoms with van der Waals surface area (Å²) in [6.07, 6.45) is 4.43. The van der Waals surface area contributed by atoms with Crippen molar-refractivity contribution in [3.05, 3.63) is 0 Å². The van der Waals surface area contributed by atoms with Crippen molar-refractivity contribution in [2.45, 2.75) is 45.4 Å². The molecule has 0 N–H and O–H groups in total. The lowest BCUT2D eigenvalue weighted by atomic mass is 10.0. The van der Waals surface area contributed by atoms with Crippen LogP contribution in [0.3, 0.4) is 0 Å². The Balaban J connectivity index is 2.01. The highest BCUT2D eigenvalue weighted by molar-refractivity contribution is 4.85. The zero-order chi connectivity index (χ0) is 8.55. The molecule has 2 fully saturated rings. The molecule has 0 aromatic rings. The molecule has 0 aliphatic carbocycles. The van der Waals surface area contributed by atoms with E-state index < -0.39 is 0 Å². The van der Waals surface area contributed by atoms with Crippen molar-refractivity contribution < 1.29 is 4.74 Å². The van der Waals surface area contributed by atoms with Gasteiger partial charge in [-0.25, -0.2) is 0 Å². The van der Waals surface area contributed by atoms with Crippen LogP contribution < -0.4 is 0 Å². The normalized spacial score (nSPS) is 37.2. The van der Waals surface area contributed by atoms with E-state index in [0.29, 0.717) is 12.3 Å². The summed E-state index contributed by atoms with van der Waals surface area (Å²) in [6, 6.07) is 0.690. The van der Waals surface area contributed by atoms with Crippen molar-refractivity contribution in [1.82, 2.24) is 4.90 Å². The molecule has 2 aliphatic heterocycles. The van der Waals surface area contributed by atoms with E-state index in [-0.39, 0.29) is 0 Å². The Morgan fingerprint density at radius 2 is 2.17 bits per heavy atom. The van der Waals surface area contributed by atoms with Crippen LogP contribution >= 0.6 is 0 Å². The largest absolute Gasteiger partial charge is 0.361 e. The maximum Gasteiger partial charge on any atom is 0.111 e. The van der Waals surface area contributed by atoms with Crippen molar-refractivity contribution in [2.75, 3.05) is 13.2 Å². The van der Waals surface area contributed by atoms with E-state index in [9.17, 15) is 0 Å². The molecule has 12 heavy (non-hydrogen) atoms. The van der Waals surface area contributed by atoms with Gasteiger partial charge in [-0.3, -0.25) is 4.90 Å². The summed E-state index contributed by atoms with van der Waals surface area (Å²) < 4.78 is 5.76. The highest BCUT2D eigenvalue weighted by Gasteiger charge is 2.36. The Morgan fingerprint density at radius 3 is 2.92 bits per heavy atom. The number of hydrogen-bond donors (Lipinski definition) is 0. The third-order valence-corrected chi connectivity index (χ3v) is 3.14. The molecule has 0 saturated carbocycles. The summed E-state index contributed by atoms with van der Waals surface area (Å²) in [7, 11) is 0. The first-order valence-electron chi connectivity index (χ1n) is 5.16. The number of hydrogen-bond acceptors (Lipinski definition) is 2. The molecule has 2 heterocycles. The number of ether oxygens (including phenoxy) is 1. The van der Waals surface area contributed by atoms with Crippen LogP contribution in [-0.2, 0) is 4.74 Å². The second-order valence-corrected chi connectivity index (χ2v) is 4.33. The minimum Gasteiger partial charge on any atom is -0.361 e. The Hall–Kier alpha value is -0.0800. The van der Waals surface area contributed by atoms with Gasteiger partial charge < -0.3 is 4.74 Å². The number of fused-ring (bicyclic) bond motifs is 1. The van der Waals surface area contributed by atoms with Crippen LogP contribution in [0.1, 0.15) is 33.1 Å². The van der Waals surface area contributed by atoms with Crippen molar-refractivity contribution in [2.24, 2.45) is 5.92 Å². The third kappa shape index (κ3) is 1.38. The van der Waals surface area contributed by atoms with Crippen molar-refractivity contribution >= 4 is 0 Å². The molecule has 0 aromatic heterocycles. The lowest BCUT2D eigenvalue weighted by Crippen LogP contribution is -2.42. The van der Waals surface area contributed by atoms with Gasteiger partial charge in [0.1, 0.15) is 6.23 Å². The molecule has 2 heteroatoms. The summed E-state index contributed by atoms with van der Waals surface area (Å²) in [6.45, 7) is 6.81. The van der Waals surface area contributed by atoms with E-state index >= 15 is 0 Å². The minimum atomic E-state index is 0.464. The summed E-state index contributed by atoms with van der Waals surface area (Å²) in [4.78, 5) is 2.56. The monoisotopic (exact) mass is 169 g/mol. The van der Waals surface area contributed by atoms with Gasteiger partial charge in [0.2, 0.25) is 0 Å². The quantitative estimate of drug-likeness (QED) is 0.594. The zero-order valence-electron chi connectivity index (χ0n) is 8.12. The predicted octanol–water partition coefficient (Wildman–Crippen LogP) is 1.85. The van der Waals surface area contributed by atoms with Gasteiger partial charge in [-0.1, -0.05) is 13.8 Å². The predicted molar refractivity (Wildman–Crippen MR) is 48.9 cm³/mol.